The van der Waals surface area contributed by atoms with Crippen molar-refractivity contribution in [1.29, 1.82) is 0 Å². The standard InChI is InChI=1S/C18H23N3O/c1-13-8-6-7-11-21(13)18(22)15-12-19-16-10-5-4-9-14(16)17(15)20(2)3/h4-5,9-10,12-13H,6-8,11H2,1-3H3/t13-/m1/s1. The van der Waals surface area contributed by atoms with Crippen molar-refractivity contribution in [2.24, 2.45) is 0 Å². The molecular weight excluding hydrogens is 274 g/mol. The molecule has 0 unspecified atom stereocenters. The van der Waals surface area contributed by atoms with Crippen molar-refractivity contribution < 1.29 is 4.79 Å². The van der Waals surface area contributed by atoms with Gasteiger partial charge >= 0.3 is 0 Å². The zero-order valence-electron chi connectivity index (χ0n) is 13.5. The summed E-state index contributed by atoms with van der Waals surface area (Å²) in [6.07, 6.45) is 5.13. The van der Waals surface area contributed by atoms with Gasteiger partial charge < -0.3 is 9.80 Å². The zero-order valence-corrected chi connectivity index (χ0v) is 13.5. The summed E-state index contributed by atoms with van der Waals surface area (Å²) in [5.74, 6) is 0.106. The van der Waals surface area contributed by atoms with Crippen molar-refractivity contribution in [2.75, 3.05) is 25.5 Å². The lowest BCUT2D eigenvalue weighted by atomic mass is 10.0. The molecule has 1 aliphatic heterocycles. The normalized spacial score (nSPS) is 18.5. The van der Waals surface area contributed by atoms with Gasteiger partial charge in [-0.05, 0) is 32.3 Å². The van der Waals surface area contributed by atoms with Crippen LogP contribution in [0.5, 0.6) is 0 Å². The van der Waals surface area contributed by atoms with Crippen molar-refractivity contribution >= 4 is 22.5 Å². The Hall–Kier alpha value is -2.10. The first kappa shape index (κ1) is 14.8. The van der Waals surface area contributed by atoms with E-state index in [-0.39, 0.29) is 5.91 Å². The number of para-hydroxylation sites is 1. The summed E-state index contributed by atoms with van der Waals surface area (Å²) in [5, 5.41) is 1.03. The largest absolute Gasteiger partial charge is 0.376 e. The Kier molecular flexibility index (Phi) is 4.01. The quantitative estimate of drug-likeness (QED) is 0.853. The van der Waals surface area contributed by atoms with Gasteiger partial charge in [0.2, 0.25) is 0 Å². The van der Waals surface area contributed by atoms with E-state index in [9.17, 15) is 4.79 Å². The number of rotatable bonds is 2. The Morgan fingerprint density at radius 2 is 2.05 bits per heavy atom. The molecule has 1 aromatic heterocycles. The van der Waals surface area contributed by atoms with E-state index in [0.29, 0.717) is 11.6 Å². The van der Waals surface area contributed by atoms with Crippen molar-refractivity contribution in [3.8, 4) is 0 Å². The Bertz CT molecular complexity index is 696. The average molecular weight is 297 g/mol. The number of likely N-dealkylation sites (tertiary alicyclic amines) is 1. The molecule has 1 fully saturated rings. The van der Waals surface area contributed by atoms with E-state index in [0.717, 1.165) is 36.0 Å². The lowest BCUT2D eigenvalue weighted by molar-refractivity contribution is 0.0636. The Morgan fingerprint density at radius 3 is 2.77 bits per heavy atom. The predicted octanol–water partition coefficient (Wildman–Crippen LogP) is 3.32. The van der Waals surface area contributed by atoms with Gasteiger partial charge in [-0.3, -0.25) is 9.78 Å². The van der Waals surface area contributed by atoms with Crippen LogP contribution >= 0.6 is 0 Å². The molecule has 116 valence electrons. The maximum atomic E-state index is 13.0. The van der Waals surface area contributed by atoms with Crippen LogP contribution in [-0.2, 0) is 0 Å². The second kappa shape index (κ2) is 5.95. The number of nitrogens with zero attached hydrogens (tertiary/aromatic N) is 3. The molecule has 0 bridgehead atoms. The number of carbonyl (C=O) groups is 1. The van der Waals surface area contributed by atoms with Crippen molar-refractivity contribution in [3.63, 3.8) is 0 Å². The van der Waals surface area contributed by atoms with Crippen molar-refractivity contribution in [3.05, 3.63) is 36.0 Å². The van der Waals surface area contributed by atoms with E-state index in [1.807, 2.05) is 48.2 Å². The molecule has 0 aliphatic carbocycles. The number of benzene rings is 1. The third kappa shape index (κ3) is 2.54. The van der Waals surface area contributed by atoms with E-state index in [1.165, 1.54) is 6.42 Å². The zero-order chi connectivity index (χ0) is 15.7. The monoisotopic (exact) mass is 297 g/mol. The van der Waals surface area contributed by atoms with Crippen LogP contribution in [0.3, 0.4) is 0 Å². The topological polar surface area (TPSA) is 36.4 Å². The molecule has 0 spiro atoms. The first-order valence-electron chi connectivity index (χ1n) is 7.95. The van der Waals surface area contributed by atoms with Gasteiger partial charge in [-0.1, -0.05) is 18.2 Å². The number of aromatic nitrogens is 1. The van der Waals surface area contributed by atoms with Crippen LogP contribution in [0.15, 0.2) is 30.5 Å². The fourth-order valence-corrected chi connectivity index (χ4v) is 3.32. The molecule has 4 heteroatoms. The first-order chi connectivity index (χ1) is 10.6. The molecule has 1 atom stereocenters. The molecule has 2 aromatic rings. The third-order valence-electron chi connectivity index (χ3n) is 4.49. The maximum Gasteiger partial charge on any atom is 0.257 e. The second-order valence-electron chi connectivity index (χ2n) is 6.28. The van der Waals surface area contributed by atoms with Crippen molar-refractivity contribution in [2.45, 2.75) is 32.2 Å². The van der Waals surface area contributed by atoms with E-state index >= 15 is 0 Å². The number of anilines is 1. The van der Waals surface area contributed by atoms with Gasteiger partial charge in [-0.2, -0.15) is 0 Å². The number of hydrogen-bond donors (Lipinski definition) is 0. The second-order valence-corrected chi connectivity index (χ2v) is 6.28. The third-order valence-corrected chi connectivity index (χ3v) is 4.49. The highest BCUT2D eigenvalue weighted by Gasteiger charge is 2.27. The van der Waals surface area contributed by atoms with Crippen LogP contribution < -0.4 is 4.90 Å². The predicted molar refractivity (Wildman–Crippen MR) is 90.4 cm³/mol. The smallest absolute Gasteiger partial charge is 0.257 e. The van der Waals surface area contributed by atoms with Gasteiger partial charge in [0.25, 0.3) is 5.91 Å². The van der Waals surface area contributed by atoms with Crippen LogP contribution in [0, 0.1) is 0 Å². The molecule has 22 heavy (non-hydrogen) atoms. The van der Waals surface area contributed by atoms with Gasteiger partial charge in [0.1, 0.15) is 0 Å². The van der Waals surface area contributed by atoms with Crippen LogP contribution in [0.25, 0.3) is 10.9 Å². The molecule has 1 saturated heterocycles. The Morgan fingerprint density at radius 1 is 1.27 bits per heavy atom. The van der Waals surface area contributed by atoms with E-state index < -0.39 is 0 Å². The molecular formula is C18H23N3O. The Labute approximate surface area is 131 Å². The number of amides is 1. The first-order valence-corrected chi connectivity index (χ1v) is 7.95. The van der Waals surface area contributed by atoms with Gasteiger partial charge in [-0.15, -0.1) is 0 Å². The summed E-state index contributed by atoms with van der Waals surface area (Å²) < 4.78 is 0. The minimum absolute atomic E-state index is 0.106. The van der Waals surface area contributed by atoms with Gasteiger partial charge in [0.15, 0.2) is 0 Å². The molecule has 2 heterocycles. The number of pyridine rings is 1. The molecule has 1 aromatic carbocycles. The lowest BCUT2D eigenvalue weighted by Gasteiger charge is -2.34. The van der Waals surface area contributed by atoms with E-state index in [1.54, 1.807) is 6.20 Å². The summed E-state index contributed by atoms with van der Waals surface area (Å²) in [5.41, 5.74) is 2.60. The highest BCUT2D eigenvalue weighted by Crippen LogP contribution is 2.30. The molecule has 0 saturated carbocycles. The number of piperidine rings is 1. The number of carbonyl (C=O) groups excluding carboxylic acids is 1. The Balaban J connectivity index is 2.09. The molecule has 1 aliphatic rings. The minimum Gasteiger partial charge on any atom is -0.376 e. The van der Waals surface area contributed by atoms with E-state index in [4.69, 9.17) is 0 Å². The fourth-order valence-electron chi connectivity index (χ4n) is 3.32. The molecule has 0 N–H and O–H groups in total. The maximum absolute atomic E-state index is 13.0. The highest BCUT2D eigenvalue weighted by molar-refractivity contribution is 6.07. The number of fused-ring (bicyclic) bond motifs is 1. The summed E-state index contributed by atoms with van der Waals surface area (Å²) >= 11 is 0. The molecule has 3 rings (SSSR count). The van der Waals surface area contributed by atoms with E-state index in [2.05, 4.69) is 11.9 Å². The minimum atomic E-state index is 0.106. The number of hydrogen-bond acceptors (Lipinski definition) is 3. The van der Waals surface area contributed by atoms with Crippen LogP contribution in [0.1, 0.15) is 36.5 Å². The summed E-state index contributed by atoms with van der Waals surface area (Å²) in [6.45, 7) is 2.99. The summed E-state index contributed by atoms with van der Waals surface area (Å²) in [6, 6.07) is 8.30. The van der Waals surface area contributed by atoms with Gasteiger partial charge in [-0.25, -0.2) is 0 Å². The highest BCUT2D eigenvalue weighted by atomic mass is 16.2. The lowest BCUT2D eigenvalue weighted by Crippen LogP contribution is -2.42. The fraction of sp³-hybridized carbons (Fsp3) is 0.444. The molecule has 1 amide bonds. The summed E-state index contributed by atoms with van der Waals surface area (Å²) in [7, 11) is 3.97. The van der Waals surface area contributed by atoms with Gasteiger partial charge in [0, 0.05) is 38.3 Å². The SMILES string of the molecule is C[C@@H]1CCCCN1C(=O)c1cnc2ccccc2c1N(C)C. The van der Waals surface area contributed by atoms with Crippen molar-refractivity contribution in [1.82, 2.24) is 9.88 Å². The molecule has 0 radical (unpaired) electrons. The molecule has 4 nitrogen and oxygen atoms in total. The van der Waals surface area contributed by atoms with Crippen LogP contribution in [0.2, 0.25) is 0 Å². The van der Waals surface area contributed by atoms with Crippen LogP contribution in [0.4, 0.5) is 5.69 Å². The summed E-state index contributed by atoms with van der Waals surface area (Å²) in [4.78, 5) is 21.6. The average Bonchev–Trinajstić information content (AvgIpc) is 2.53. The van der Waals surface area contributed by atoms with Crippen LogP contribution in [-0.4, -0.2) is 42.5 Å². The van der Waals surface area contributed by atoms with Gasteiger partial charge in [0.05, 0.1) is 16.8 Å².